The Morgan fingerprint density at radius 1 is 1.08 bits per heavy atom. The van der Waals surface area contributed by atoms with Gasteiger partial charge in [-0.05, 0) is 77.0 Å². The second kappa shape index (κ2) is 9.36. The molecule has 9 nitrogen and oxygen atoms in total. The number of nitrogens with zero attached hydrogens (tertiary/aromatic N) is 3. The normalized spacial score (nSPS) is 26.0. The Balaban J connectivity index is 1.12. The van der Waals surface area contributed by atoms with Crippen molar-refractivity contribution in [2.24, 2.45) is 0 Å². The van der Waals surface area contributed by atoms with E-state index in [2.05, 4.69) is 9.97 Å². The Bertz CT molecular complexity index is 1350. The van der Waals surface area contributed by atoms with E-state index in [0.29, 0.717) is 37.1 Å². The second-order valence-electron chi connectivity index (χ2n) is 11.2. The highest BCUT2D eigenvalue weighted by Crippen LogP contribution is 2.41. The summed E-state index contributed by atoms with van der Waals surface area (Å²) >= 11 is 0. The number of carbonyl (C=O) groups excluding carboxylic acids is 1. The number of benzene rings is 1. The van der Waals surface area contributed by atoms with Crippen LogP contribution in [0.4, 0.5) is 9.18 Å². The van der Waals surface area contributed by atoms with E-state index >= 15 is 0 Å². The number of rotatable bonds is 7. The highest BCUT2D eigenvalue weighted by atomic mass is 32.2. The van der Waals surface area contributed by atoms with Crippen LogP contribution in [-0.2, 0) is 14.6 Å². The molecule has 2 saturated carbocycles. The molecule has 0 N–H and O–H groups in total. The first kappa shape index (κ1) is 25.3. The van der Waals surface area contributed by atoms with Gasteiger partial charge in [0.25, 0.3) is 0 Å². The highest BCUT2D eigenvalue weighted by Gasteiger charge is 2.47. The summed E-state index contributed by atoms with van der Waals surface area (Å²) in [5.74, 6) is -0.438. The summed E-state index contributed by atoms with van der Waals surface area (Å²) in [5.41, 5.74) is 0.178. The van der Waals surface area contributed by atoms with Crippen LogP contribution in [0.25, 0.3) is 0 Å². The number of hydrogen-bond acceptors (Lipinski definition) is 8. The van der Waals surface area contributed by atoms with Crippen molar-refractivity contribution in [3.8, 4) is 17.5 Å². The molecule has 2 aliphatic carbocycles. The van der Waals surface area contributed by atoms with Gasteiger partial charge in [-0.3, -0.25) is 0 Å². The van der Waals surface area contributed by atoms with Gasteiger partial charge in [0.05, 0.1) is 15.7 Å². The molecule has 2 saturated heterocycles. The summed E-state index contributed by atoms with van der Waals surface area (Å²) in [6.45, 7) is 3.73. The summed E-state index contributed by atoms with van der Waals surface area (Å²) < 4.78 is 57.4. The Kier molecular flexibility index (Phi) is 6.24. The maximum Gasteiger partial charge on any atom is 0.410 e. The van der Waals surface area contributed by atoms with Crippen LogP contribution in [0.5, 0.6) is 17.5 Å². The van der Waals surface area contributed by atoms with Gasteiger partial charge in [-0.2, -0.15) is 0 Å². The minimum absolute atomic E-state index is 0.0417. The number of fused-ring (bicyclic) bond motifs is 2. The van der Waals surface area contributed by atoms with Gasteiger partial charge in [-0.15, -0.1) is 0 Å². The van der Waals surface area contributed by atoms with Gasteiger partial charge in [-0.1, -0.05) is 0 Å². The lowest BCUT2D eigenvalue weighted by Crippen LogP contribution is -2.52. The van der Waals surface area contributed by atoms with Gasteiger partial charge < -0.3 is 19.1 Å². The molecule has 0 radical (unpaired) electrons. The van der Waals surface area contributed by atoms with E-state index in [1.54, 1.807) is 6.92 Å². The summed E-state index contributed by atoms with van der Waals surface area (Å²) in [6, 6.07) is 3.79. The van der Waals surface area contributed by atoms with Crippen LogP contribution in [0.15, 0.2) is 29.4 Å². The smallest absolute Gasteiger partial charge is 0.410 e. The lowest BCUT2D eigenvalue weighted by Gasteiger charge is -2.43. The zero-order chi connectivity index (χ0) is 26.7. The van der Waals surface area contributed by atoms with Gasteiger partial charge in [0, 0.05) is 24.9 Å². The van der Waals surface area contributed by atoms with Crippen molar-refractivity contribution < 1.29 is 31.8 Å². The van der Waals surface area contributed by atoms with Crippen LogP contribution in [0, 0.1) is 12.7 Å². The molecule has 3 heterocycles. The van der Waals surface area contributed by atoms with E-state index in [1.807, 2.05) is 11.8 Å². The molecule has 11 heteroatoms. The van der Waals surface area contributed by atoms with Crippen molar-refractivity contribution in [1.29, 1.82) is 0 Å². The van der Waals surface area contributed by atoms with Crippen LogP contribution in [-0.4, -0.2) is 58.4 Å². The molecular weight excluding hydrogens is 513 g/mol. The van der Waals surface area contributed by atoms with Gasteiger partial charge >= 0.3 is 6.09 Å². The number of hydrogen-bond donors (Lipinski definition) is 0. The molecule has 1 aromatic heterocycles. The third-order valence-corrected chi connectivity index (χ3v) is 10.6. The average Bonchev–Trinajstić information content (AvgIpc) is 3.67. The van der Waals surface area contributed by atoms with Crippen LogP contribution in [0.1, 0.15) is 70.3 Å². The number of halogens is 1. The predicted octanol–water partition coefficient (Wildman–Crippen LogP) is 5.11. The van der Waals surface area contributed by atoms with Crippen LogP contribution < -0.4 is 9.47 Å². The van der Waals surface area contributed by atoms with E-state index in [9.17, 15) is 17.6 Å². The third-order valence-electron chi connectivity index (χ3n) is 8.32. The lowest BCUT2D eigenvalue weighted by atomic mass is 9.82. The molecule has 2 atom stereocenters. The molecule has 204 valence electrons. The number of amides is 1. The minimum Gasteiger partial charge on any atom is -0.474 e. The van der Waals surface area contributed by atoms with Crippen LogP contribution in [0.2, 0.25) is 0 Å². The molecule has 2 aliphatic heterocycles. The van der Waals surface area contributed by atoms with Gasteiger partial charge in [0.2, 0.25) is 11.8 Å². The minimum atomic E-state index is -3.50. The van der Waals surface area contributed by atoms with Crippen molar-refractivity contribution in [3.63, 3.8) is 0 Å². The molecular formula is C27H32FN3O6S. The summed E-state index contributed by atoms with van der Waals surface area (Å²) in [7, 11) is -3.50. The van der Waals surface area contributed by atoms with E-state index in [-0.39, 0.29) is 46.4 Å². The number of ether oxygens (including phenoxy) is 3. The Morgan fingerprint density at radius 3 is 2.37 bits per heavy atom. The number of aromatic nitrogens is 2. The molecule has 1 aromatic carbocycles. The van der Waals surface area contributed by atoms with Crippen LogP contribution >= 0.6 is 0 Å². The molecule has 1 amide bonds. The summed E-state index contributed by atoms with van der Waals surface area (Å²) in [5, 5.41) is -0.420. The van der Waals surface area contributed by atoms with Gasteiger partial charge in [0.15, 0.2) is 21.4 Å². The van der Waals surface area contributed by atoms with Crippen molar-refractivity contribution in [2.75, 3.05) is 0 Å². The highest BCUT2D eigenvalue weighted by molar-refractivity contribution is 7.92. The van der Waals surface area contributed by atoms with Crippen molar-refractivity contribution in [2.45, 2.75) is 106 Å². The van der Waals surface area contributed by atoms with Crippen molar-refractivity contribution in [1.82, 2.24) is 14.9 Å². The molecule has 6 rings (SSSR count). The van der Waals surface area contributed by atoms with Crippen LogP contribution in [0.3, 0.4) is 0 Å². The fraction of sp³-hybridized carbons (Fsp3) is 0.593. The van der Waals surface area contributed by atoms with E-state index in [4.69, 9.17) is 14.2 Å². The molecule has 2 aromatic rings. The average molecular weight is 546 g/mol. The third kappa shape index (κ3) is 4.69. The van der Waals surface area contributed by atoms with Crippen molar-refractivity contribution >= 4 is 15.9 Å². The number of sulfone groups is 1. The molecule has 2 bridgehead atoms. The quantitative estimate of drug-likeness (QED) is 0.473. The number of carbonyl (C=O) groups is 1. The molecule has 4 fully saturated rings. The fourth-order valence-corrected chi connectivity index (χ4v) is 7.44. The first-order chi connectivity index (χ1) is 18.1. The monoisotopic (exact) mass is 545 g/mol. The zero-order valence-electron chi connectivity index (χ0n) is 21.6. The van der Waals surface area contributed by atoms with Gasteiger partial charge in [0.1, 0.15) is 18.0 Å². The maximum atomic E-state index is 14.8. The molecule has 2 unspecified atom stereocenters. The Hall–Kier alpha value is -2.95. The Labute approximate surface area is 221 Å². The predicted molar refractivity (Wildman–Crippen MR) is 134 cm³/mol. The summed E-state index contributed by atoms with van der Waals surface area (Å²) in [4.78, 5) is 23.2. The first-order valence-corrected chi connectivity index (χ1v) is 14.9. The lowest BCUT2D eigenvalue weighted by molar-refractivity contribution is -0.0610. The molecule has 4 aliphatic rings. The zero-order valence-corrected chi connectivity index (χ0v) is 22.4. The van der Waals surface area contributed by atoms with Crippen molar-refractivity contribution in [3.05, 3.63) is 35.9 Å². The van der Waals surface area contributed by atoms with E-state index in [0.717, 1.165) is 38.2 Å². The first-order valence-electron chi connectivity index (χ1n) is 13.3. The Morgan fingerprint density at radius 2 is 1.76 bits per heavy atom. The van der Waals surface area contributed by atoms with E-state index < -0.39 is 20.9 Å². The summed E-state index contributed by atoms with van der Waals surface area (Å²) in [6.07, 6.45) is 8.26. The maximum absolute atomic E-state index is 14.8. The molecule has 38 heavy (non-hydrogen) atoms. The van der Waals surface area contributed by atoms with E-state index in [1.165, 1.54) is 18.5 Å². The second-order valence-corrected chi connectivity index (χ2v) is 13.5. The molecule has 0 spiro atoms. The topological polar surface area (TPSA) is 108 Å². The number of piperidine rings is 1. The SMILES string of the molecule is Cc1c(Oc2ccc(S(=O)(=O)C3CC3)cc2F)ncnc1OC1CC2CCC(C1)N2C(=O)OC1(C)CCC1. The largest absolute Gasteiger partial charge is 0.474 e. The standard InChI is InChI=1S/C27H32FN3O6S/c1-16-24(35-19-12-17-4-5-18(13-19)31(17)26(32)37-27(2)10-3-11-27)29-15-30-25(16)36-23-9-8-21(14-22(23)28)38(33,34)20-6-7-20/h8-9,14-15,17-20H,3-7,10-13H2,1-2H3. The van der Waals surface area contributed by atoms with Gasteiger partial charge in [-0.25, -0.2) is 27.6 Å². The fourth-order valence-electron chi connectivity index (χ4n) is 5.78.